The van der Waals surface area contributed by atoms with E-state index in [9.17, 15) is 4.79 Å². The van der Waals surface area contributed by atoms with Crippen molar-refractivity contribution in [1.29, 1.82) is 0 Å². The first-order valence-corrected chi connectivity index (χ1v) is 8.94. The molecule has 5 heteroatoms. The zero-order valence-corrected chi connectivity index (χ0v) is 13.8. The van der Waals surface area contributed by atoms with Gasteiger partial charge in [0.15, 0.2) is 0 Å². The molecule has 2 atom stereocenters. The van der Waals surface area contributed by atoms with E-state index in [1.165, 1.54) is 5.56 Å². The summed E-state index contributed by atoms with van der Waals surface area (Å²) >= 11 is 1.63. The third-order valence-electron chi connectivity index (χ3n) is 4.16. The van der Waals surface area contributed by atoms with Crippen molar-refractivity contribution in [2.45, 2.75) is 17.7 Å². The molecule has 2 aromatic rings. The molecule has 23 heavy (non-hydrogen) atoms. The standard InChI is InChI=1S/C18H21N3OS/c19-17-11-21(10-16(17)15-6-2-1-3-7-15)18(22)13-23-12-14-5-4-8-20-9-14/h1-9,16-17H,10-13,19H2/t16-,17+/m0/s1. The van der Waals surface area contributed by atoms with Crippen LogP contribution in [0.25, 0.3) is 0 Å². The molecule has 0 saturated carbocycles. The molecule has 1 fully saturated rings. The van der Waals surface area contributed by atoms with Gasteiger partial charge in [-0.3, -0.25) is 9.78 Å². The quantitative estimate of drug-likeness (QED) is 0.915. The summed E-state index contributed by atoms with van der Waals surface area (Å²) in [5.74, 6) is 1.71. The van der Waals surface area contributed by atoms with Crippen molar-refractivity contribution >= 4 is 17.7 Å². The van der Waals surface area contributed by atoms with Gasteiger partial charge in [-0.1, -0.05) is 36.4 Å². The minimum Gasteiger partial charge on any atom is -0.340 e. The van der Waals surface area contributed by atoms with E-state index in [-0.39, 0.29) is 17.9 Å². The number of carbonyl (C=O) groups is 1. The highest BCUT2D eigenvalue weighted by atomic mass is 32.2. The molecule has 1 aliphatic heterocycles. The zero-order valence-electron chi connectivity index (χ0n) is 13.0. The molecule has 3 rings (SSSR count). The van der Waals surface area contributed by atoms with Crippen LogP contribution in [0, 0.1) is 0 Å². The van der Waals surface area contributed by atoms with Gasteiger partial charge in [0.25, 0.3) is 0 Å². The second-order valence-electron chi connectivity index (χ2n) is 5.83. The zero-order chi connectivity index (χ0) is 16.1. The lowest BCUT2D eigenvalue weighted by molar-refractivity contribution is -0.127. The van der Waals surface area contributed by atoms with Gasteiger partial charge < -0.3 is 10.6 Å². The van der Waals surface area contributed by atoms with Crippen molar-refractivity contribution < 1.29 is 4.79 Å². The molecule has 1 aromatic heterocycles. The monoisotopic (exact) mass is 327 g/mol. The van der Waals surface area contributed by atoms with Crippen LogP contribution in [0.15, 0.2) is 54.9 Å². The number of hydrogen-bond donors (Lipinski definition) is 1. The molecule has 0 radical (unpaired) electrons. The predicted octanol–water partition coefficient (Wildman–Crippen LogP) is 2.27. The fourth-order valence-electron chi connectivity index (χ4n) is 2.92. The number of pyridine rings is 1. The van der Waals surface area contributed by atoms with Crippen molar-refractivity contribution in [2.24, 2.45) is 5.73 Å². The Balaban J connectivity index is 1.51. The first kappa shape index (κ1) is 16.0. The van der Waals surface area contributed by atoms with Crippen molar-refractivity contribution in [3.05, 3.63) is 66.0 Å². The van der Waals surface area contributed by atoms with Gasteiger partial charge in [-0.25, -0.2) is 0 Å². The maximum atomic E-state index is 12.4. The number of carbonyl (C=O) groups excluding carboxylic acids is 1. The van der Waals surface area contributed by atoms with E-state index in [4.69, 9.17) is 5.73 Å². The van der Waals surface area contributed by atoms with Crippen LogP contribution >= 0.6 is 11.8 Å². The number of benzene rings is 1. The second kappa shape index (κ2) is 7.62. The molecular formula is C18H21N3OS. The molecule has 0 spiro atoms. The van der Waals surface area contributed by atoms with E-state index >= 15 is 0 Å². The normalized spacial score (nSPS) is 20.7. The summed E-state index contributed by atoms with van der Waals surface area (Å²) in [6.07, 6.45) is 3.60. The van der Waals surface area contributed by atoms with Crippen LogP contribution in [0.5, 0.6) is 0 Å². The molecular weight excluding hydrogens is 306 g/mol. The molecule has 4 nitrogen and oxygen atoms in total. The van der Waals surface area contributed by atoms with Gasteiger partial charge >= 0.3 is 0 Å². The van der Waals surface area contributed by atoms with Gasteiger partial charge in [0, 0.05) is 43.2 Å². The Morgan fingerprint density at radius 2 is 2.04 bits per heavy atom. The summed E-state index contributed by atoms with van der Waals surface area (Å²) in [5, 5.41) is 0. The highest BCUT2D eigenvalue weighted by Crippen LogP contribution is 2.27. The third kappa shape index (κ3) is 4.12. The maximum absolute atomic E-state index is 12.4. The van der Waals surface area contributed by atoms with Gasteiger partial charge in [0.05, 0.1) is 5.75 Å². The lowest BCUT2D eigenvalue weighted by atomic mass is 9.95. The average molecular weight is 327 g/mol. The summed E-state index contributed by atoms with van der Waals surface area (Å²) in [4.78, 5) is 18.4. The third-order valence-corrected chi connectivity index (χ3v) is 5.15. The second-order valence-corrected chi connectivity index (χ2v) is 6.82. The van der Waals surface area contributed by atoms with Gasteiger partial charge in [0.1, 0.15) is 0 Å². The lowest BCUT2D eigenvalue weighted by Crippen LogP contribution is -2.33. The molecule has 0 unspecified atom stereocenters. The molecule has 2 heterocycles. The van der Waals surface area contributed by atoms with E-state index in [2.05, 4.69) is 17.1 Å². The molecule has 120 valence electrons. The molecule has 0 bridgehead atoms. The van der Waals surface area contributed by atoms with Gasteiger partial charge in [-0.05, 0) is 17.2 Å². The fourth-order valence-corrected chi connectivity index (χ4v) is 3.78. The summed E-state index contributed by atoms with van der Waals surface area (Å²) in [6.45, 7) is 1.36. The minimum absolute atomic E-state index is 0.0182. The molecule has 1 aliphatic rings. The number of amides is 1. The first-order valence-electron chi connectivity index (χ1n) is 7.79. The molecule has 0 aliphatic carbocycles. The number of likely N-dealkylation sites (tertiary alicyclic amines) is 1. The van der Waals surface area contributed by atoms with Crippen molar-refractivity contribution in [3.8, 4) is 0 Å². The van der Waals surface area contributed by atoms with E-state index in [1.54, 1.807) is 18.0 Å². The molecule has 2 N–H and O–H groups in total. The maximum Gasteiger partial charge on any atom is 0.232 e. The van der Waals surface area contributed by atoms with E-state index < -0.39 is 0 Å². The van der Waals surface area contributed by atoms with Crippen molar-refractivity contribution in [2.75, 3.05) is 18.8 Å². The Labute approximate surface area is 141 Å². The van der Waals surface area contributed by atoms with Gasteiger partial charge in [0.2, 0.25) is 5.91 Å². The van der Waals surface area contributed by atoms with Crippen molar-refractivity contribution in [3.63, 3.8) is 0 Å². The van der Waals surface area contributed by atoms with Crippen molar-refractivity contribution in [1.82, 2.24) is 9.88 Å². The number of nitrogens with two attached hydrogens (primary N) is 1. The summed E-state index contributed by atoms with van der Waals surface area (Å²) in [5.41, 5.74) is 8.61. The summed E-state index contributed by atoms with van der Waals surface area (Å²) in [7, 11) is 0. The Morgan fingerprint density at radius 1 is 1.22 bits per heavy atom. The largest absolute Gasteiger partial charge is 0.340 e. The molecule has 1 saturated heterocycles. The number of nitrogens with zero attached hydrogens (tertiary/aromatic N) is 2. The smallest absolute Gasteiger partial charge is 0.232 e. The highest BCUT2D eigenvalue weighted by molar-refractivity contribution is 7.99. The summed E-state index contributed by atoms with van der Waals surface area (Å²) < 4.78 is 0. The Hall–Kier alpha value is -1.85. The van der Waals surface area contributed by atoms with Crippen LogP contribution in [0.1, 0.15) is 17.0 Å². The lowest BCUT2D eigenvalue weighted by Gasteiger charge is -2.16. The van der Waals surface area contributed by atoms with Crippen LogP contribution in [0.2, 0.25) is 0 Å². The van der Waals surface area contributed by atoms with Crippen LogP contribution in [0.4, 0.5) is 0 Å². The first-order chi connectivity index (χ1) is 11.2. The van der Waals surface area contributed by atoms with Crippen LogP contribution in [-0.2, 0) is 10.5 Å². The topological polar surface area (TPSA) is 59.2 Å². The number of thioether (sulfide) groups is 1. The van der Waals surface area contributed by atoms with Crippen LogP contribution in [0.3, 0.4) is 0 Å². The minimum atomic E-state index is 0.0182. The van der Waals surface area contributed by atoms with Gasteiger partial charge in [-0.2, -0.15) is 0 Å². The fraction of sp³-hybridized carbons (Fsp3) is 0.333. The Kier molecular flexibility index (Phi) is 5.31. The van der Waals surface area contributed by atoms with E-state index in [0.717, 1.165) is 17.9 Å². The van der Waals surface area contributed by atoms with E-state index in [0.29, 0.717) is 12.3 Å². The Morgan fingerprint density at radius 3 is 2.78 bits per heavy atom. The summed E-state index contributed by atoms with van der Waals surface area (Å²) in [6, 6.07) is 14.2. The number of aromatic nitrogens is 1. The highest BCUT2D eigenvalue weighted by Gasteiger charge is 2.33. The van der Waals surface area contributed by atoms with Crippen LogP contribution in [-0.4, -0.2) is 40.7 Å². The average Bonchev–Trinajstić information content (AvgIpc) is 2.98. The number of hydrogen-bond acceptors (Lipinski definition) is 4. The van der Waals surface area contributed by atoms with Gasteiger partial charge in [-0.15, -0.1) is 11.8 Å². The van der Waals surface area contributed by atoms with Crippen LogP contribution < -0.4 is 5.73 Å². The predicted molar refractivity (Wildman–Crippen MR) is 94.1 cm³/mol. The SMILES string of the molecule is N[C@@H]1CN(C(=O)CSCc2cccnc2)C[C@H]1c1ccccc1. The molecule has 1 amide bonds. The van der Waals surface area contributed by atoms with E-state index in [1.807, 2.05) is 41.4 Å². The Bertz CT molecular complexity index is 635. The molecule has 1 aromatic carbocycles. The number of rotatable bonds is 5.